The van der Waals surface area contributed by atoms with E-state index in [0.29, 0.717) is 12.0 Å². The first kappa shape index (κ1) is 10.6. The summed E-state index contributed by atoms with van der Waals surface area (Å²) in [6.45, 7) is 0. The SMILES string of the molecule is NNC(Cc1cccc(F)c1)C1CCC1. The molecule has 1 saturated carbocycles. The summed E-state index contributed by atoms with van der Waals surface area (Å²) in [4.78, 5) is 0. The average Bonchev–Trinajstić information content (AvgIpc) is 2.14. The van der Waals surface area contributed by atoms with Crippen LogP contribution >= 0.6 is 0 Å². The smallest absolute Gasteiger partial charge is 0.123 e. The van der Waals surface area contributed by atoms with Crippen LogP contribution in [0.5, 0.6) is 0 Å². The molecule has 1 unspecified atom stereocenters. The Morgan fingerprint density at radius 3 is 2.80 bits per heavy atom. The van der Waals surface area contributed by atoms with Gasteiger partial charge in [-0.3, -0.25) is 11.3 Å². The van der Waals surface area contributed by atoms with Crippen LogP contribution in [0.4, 0.5) is 4.39 Å². The molecule has 1 aliphatic carbocycles. The fourth-order valence-corrected chi connectivity index (χ4v) is 2.12. The first-order chi connectivity index (χ1) is 7.29. The second kappa shape index (κ2) is 4.73. The molecular weight excluding hydrogens is 191 g/mol. The monoisotopic (exact) mass is 208 g/mol. The number of benzene rings is 1. The Bertz CT molecular complexity index is 323. The summed E-state index contributed by atoms with van der Waals surface area (Å²) < 4.78 is 13.0. The first-order valence-electron chi connectivity index (χ1n) is 5.50. The summed E-state index contributed by atoms with van der Waals surface area (Å²) in [5.74, 6) is 6.02. The van der Waals surface area contributed by atoms with Crippen molar-refractivity contribution in [1.29, 1.82) is 0 Å². The van der Waals surface area contributed by atoms with Gasteiger partial charge in [-0.25, -0.2) is 4.39 Å². The minimum Gasteiger partial charge on any atom is -0.271 e. The van der Waals surface area contributed by atoms with Gasteiger partial charge in [0.25, 0.3) is 0 Å². The molecule has 0 heterocycles. The maximum atomic E-state index is 13.0. The van der Waals surface area contributed by atoms with Gasteiger partial charge in [-0.05, 0) is 42.9 Å². The second-order valence-electron chi connectivity index (χ2n) is 4.30. The van der Waals surface area contributed by atoms with E-state index in [9.17, 15) is 4.39 Å². The summed E-state index contributed by atoms with van der Waals surface area (Å²) in [7, 11) is 0. The lowest BCUT2D eigenvalue weighted by Gasteiger charge is -2.33. The van der Waals surface area contributed by atoms with Crippen LogP contribution in [0, 0.1) is 11.7 Å². The van der Waals surface area contributed by atoms with E-state index in [1.165, 1.54) is 25.3 Å². The van der Waals surface area contributed by atoms with E-state index >= 15 is 0 Å². The van der Waals surface area contributed by atoms with E-state index in [-0.39, 0.29) is 5.82 Å². The number of hydrazine groups is 1. The molecule has 82 valence electrons. The largest absolute Gasteiger partial charge is 0.271 e. The molecule has 2 nitrogen and oxygen atoms in total. The standard InChI is InChI=1S/C12H17FN2/c13-11-6-1-3-9(7-11)8-12(15-14)10-4-2-5-10/h1,3,6-7,10,12,15H,2,4-5,8,14H2. The number of rotatable bonds is 4. The third-order valence-electron chi connectivity index (χ3n) is 3.28. The van der Waals surface area contributed by atoms with Gasteiger partial charge in [-0.1, -0.05) is 18.6 Å². The molecule has 15 heavy (non-hydrogen) atoms. The van der Waals surface area contributed by atoms with Crippen molar-refractivity contribution in [2.24, 2.45) is 11.8 Å². The molecule has 3 heteroatoms. The molecule has 0 radical (unpaired) electrons. The van der Waals surface area contributed by atoms with E-state index in [4.69, 9.17) is 5.84 Å². The average molecular weight is 208 g/mol. The van der Waals surface area contributed by atoms with Crippen LogP contribution in [-0.4, -0.2) is 6.04 Å². The van der Waals surface area contributed by atoms with Crippen LogP contribution in [0.15, 0.2) is 24.3 Å². The third kappa shape index (κ3) is 2.55. The van der Waals surface area contributed by atoms with Crippen molar-refractivity contribution in [3.05, 3.63) is 35.6 Å². The van der Waals surface area contributed by atoms with Crippen molar-refractivity contribution in [3.63, 3.8) is 0 Å². The summed E-state index contributed by atoms with van der Waals surface area (Å²) in [6, 6.07) is 7.05. The predicted molar refractivity (Wildman–Crippen MR) is 58.6 cm³/mol. The van der Waals surface area contributed by atoms with Gasteiger partial charge in [-0.15, -0.1) is 0 Å². The Balaban J connectivity index is 1.99. The van der Waals surface area contributed by atoms with Crippen LogP contribution in [0.3, 0.4) is 0 Å². The normalized spacial score (nSPS) is 18.5. The van der Waals surface area contributed by atoms with Gasteiger partial charge in [0.2, 0.25) is 0 Å². The number of halogens is 1. The van der Waals surface area contributed by atoms with Crippen molar-refractivity contribution in [2.45, 2.75) is 31.7 Å². The highest BCUT2D eigenvalue weighted by molar-refractivity contribution is 5.17. The Morgan fingerprint density at radius 1 is 1.47 bits per heavy atom. The highest BCUT2D eigenvalue weighted by atomic mass is 19.1. The third-order valence-corrected chi connectivity index (χ3v) is 3.28. The Morgan fingerprint density at radius 2 is 2.27 bits per heavy atom. The van der Waals surface area contributed by atoms with Crippen molar-refractivity contribution in [1.82, 2.24) is 5.43 Å². The summed E-state index contributed by atoms with van der Waals surface area (Å²) in [6.07, 6.45) is 4.60. The highest BCUT2D eigenvalue weighted by Crippen LogP contribution is 2.30. The number of hydrogen-bond acceptors (Lipinski definition) is 2. The van der Waals surface area contributed by atoms with Crippen molar-refractivity contribution >= 4 is 0 Å². The molecule has 0 saturated heterocycles. The topological polar surface area (TPSA) is 38.0 Å². The van der Waals surface area contributed by atoms with Gasteiger partial charge in [0.1, 0.15) is 5.82 Å². The number of nitrogens with two attached hydrogens (primary N) is 1. The number of hydrogen-bond donors (Lipinski definition) is 2. The Labute approximate surface area is 89.6 Å². The van der Waals surface area contributed by atoms with Crippen LogP contribution in [-0.2, 0) is 6.42 Å². The van der Waals surface area contributed by atoms with Crippen LogP contribution in [0.2, 0.25) is 0 Å². The van der Waals surface area contributed by atoms with Crippen molar-refractivity contribution < 1.29 is 4.39 Å². The number of nitrogens with one attached hydrogen (secondary N) is 1. The molecule has 0 aromatic heterocycles. The predicted octanol–water partition coefficient (Wildman–Crippen LogP) is 2.00. The van der Waals surface area contributed by atoms with Gasteiger partial charge >= 0.3 is 0 Å². The maximum Gasteiger partial charge on any atom is 0.123 e. The first-order valence-corrected chi connectivity index (χ1v) is 5.50. The molecule has 2 rings (SSSR count). The molecule has 1 aromatic rings. The fourth-order valence-electron chi connectivity index (χ4n) is 2.12. The molecule has 1 aliphatic rings. The lowest BCUT2D eigenvalue weighted by Crippen LogP contribution is -2.44. The highest BCUT2D eigenvalue weighted by Gasteiger charge is 2.26. The van der Waals surface area contributed by atoms with Gasteiger partial charge < -0.3 is 0 Å². The zero-order valence-electron chi connectivity index (χ0n) is 8.75. The summed E-state index contributed by atoms with van der Waals surface area (Å²) in [5, 5.41) is 0. The Kier molecular flexibility index (Phi) is 3.34. The van der Waals surface area contributed by atoms with Crippen molar-refractivity contribution in [2.75, 3.05) is 0 Å². The van der Waals surface area contributed by atoms with E-state index in [1.54, 1.807) is 12.1 Å². The minimum atomic E-state index is -0.170. The van der Waals surface area contributed by atoms with E-state index < -0.39 is 0 Å². The Hall–Kier alpha value is -0.930. The fraction of sp³-hybridized carbons (Fsp3) is 0.500. The molecule has 0 amide bonds. The molecule has 1 aromatic carbocycles. The van der Waals surface area contributed by atoms with Crippen molar-refractivity contribution in [3.8, 4) is 0 Å². The molecular formula is C12H17FN2. The molecule has 1 atom stereocenters. The van der Waals surface area contributed by atoms with Gasteiger partial charge in [-0.2, -0.15) is 0 Å². The van der Waals surface area contributed by atoms with E-state index in [2.05, 4.69) is 5.43 Å². The minimum absolute atomic E-state index is 0.170. The van der Waals surface area contributed by atoms with Crippen LogP contribution in [0.1, 0.15) is 24.8 Å². The lowest BCUT2D eigenvalue weighted by molar-refractivity contribution is 0.228. The van der Waals surface area contributed by atoms with Gasteiger partial charge in [0, 0.05) is 6.04 Å². The molecule has 0 spiro atoms. The molecule has 3 N–H and O–H groups in total. The second-order valence-corrected chi connectivity index (χ2v) is 4.30. The van der Waals surface area contributed by atoms with Gasteiger partial charge in [0.05, 0.1) is 0 Å². The summed E-state index contributed by atoms with van der Waals surface area (Å²) in [5.41, 5.74) is 3.87. The quantitative estimate of drug-likeness (QED) is 0.586. The van der Waals surface area contributed by atoms with E-state index in [1.807, 2.05) is 6.07 Å². The zero-order chi connectivity index (χ0) is 10.7. The molecule has 0 aliphatic heterocycles. The van der Waals surface area contributed by atoms with Crippen LogP contribution in [0.25, 0.3) is 0 Å². The molecule has 0 bridgehead atoms. The zero-order valence-corrected chi connectivity index (χ0v) is 8.75. The lowest BCUT2D eigenvalue weighted by atomic mass is 9.78. The maximum absolute atomic E-state index is 13.0. The van der Waals surface area contributed by atoms with Crippen LogP contribution < -0.4 is 11.3 Å². The summed E-state index contributed by atoms with van der Waals surface area (Å²) >= 11 is 0. The van der Waals surface area contributed by atoms with Gasteiger partial charge in [0.15, 0.2) is 0 Å². The van der Waals surface area contributed by atoms with E-state index in [0.717, 1.165) is 12.0 Å². The molecule has 1 fully saturated rings.